The van der Waals surface area contributed by atoms with Crippen LogP contribution in [0.5, 0.6) is 0 Å². The first kappa shape index (κ1) is 35.5. The Morgan fingerprint density at radius 3 is 1.22 bits per heavy atom. The highest BCUT2D eigenvalue weighted by molar-refractivity contribution is 7.39. The highest BCUT2D eigenvalue weighted by Crippen LogP contribution is 2.32. The third kappa shape index (κ3) is 20.2. The van der Waals surface area contributed by atoms with Gasteiger partial charge in [-0.25, -0.2) is 0 Å². The van der Waals surface area contributed by atoms with E-state index in [4.69, 9.17) is 15.5 Å². The summed E-state index contributed by atoms with van der Waals surface area (Å²) in [7, 11) is -4.29. The maximum Gasteiger partial charge on any atom is 0.517 e. The Morgan fingerprint density at radius 2 is 0.973 bits per heavy atom. The second-order valence-electron chi connectivity index (χ2n) is 9.52. The average Bonchev–Trinajstić information content (AvgIpc) is 2.88. The Labute approximate surface area is 228 Å². The maximum atomic E-state index is 10.6. The van der Waals surface area contributed by atoms with Gasteiger partial charge in [-0.3, -0.25) is 0 Å². The quantitative estimate of drug-likeness (QED) is 0.131. The summed E-state index contributed by atoms with van der Waals surface area (Å²) in [6, 6.07) is 0. The SMILES string of the molecule is C=C1C=CC=CC1[P+](=O)O.C=C1C=CC=CC1[P+](=O)O.CCCCCCCCCCCCCCCCN. The Hall–Kier alpha value is -1.48. The van der Waals surface area contributed by atoms with Crippen molar-refractivity contribution in [3.63, 3.8) is 0 Å². The van der Waals surface area contributed by atoms with Crippen molar-refractivity contribution >= 4 is 16.1 Å². The Morgan fingerprint density at radius 1 is 0.649 bits per heavy atom. The van der Waals surface area contributed by atoms with Crippen LogP contribution in [0.2, 0.25) is 0 Å². The van der Waals surface area contributed by atoms with Gasteiger partial charge < -0.3 is 5.73 Å². The second kappa shape index (κ2) is 24.8. The minimum absolute atomic E-state index is 0.375. The van der Waals surface area contributed by atoms with Gasteiger partial charge in [0.2, 0.25) is 11.3 Å². The van der Waals surface area contributed by atoms with Crippen molar-refractivity contribution in [2.45, 2.75) is 108 Å². The molecule has 4 N–H and O–H groups in total. The Bertz CT molecular complexity index is 722. The fourth-order valence-electron chi connectivity index (χ4n) is 3.91. The molecule has 5 nitrogen and oxygen atoms in total. The van der Waals surface area contributed by atoms with Crippen LogP contribution in [0.3, 0.4) is 0 Å². The van der Waals surface area contributed by atoms with Crippen molar-refractivity contribution < 1.29 is 18.9 Å². The molecule has 0 bridgehead atoms. The summed E-state index contributed by atoms with van der Waals surface area (Å²) in [4.78, 5) is 17.4. The van der Waals surface area contributed by atoms with Gasteiger partial charge in [-0.1, -0.05) is 140 Å². The van der Waals surface area contributed by atoms with E-state index in [9.17, 15) is 9.13 Å². The zero-order chi connectivity index (χ0) is 27.7. The summed E-state index contributed by atoms with van der Waals surface area (Å²) < 4.78 is 21.1. The number of hydrogen-bond acceptors (Lipinski definition) is 3. The van der Waals surface area contributed by atoms with Crippen LogP contribution < -0.4 is 5.73 Å². The highest BCUT2D eigenvalue weighted by Gasteiger charge is 2.29. The van der Waals surface area contributed by atoms with Crippen LogP contribution >= 0.6 is 16.1 Å². The topological polar surface area (TPSA) is 101 Å². The van der Waals surface area contributed by atoms with E-state index in [1.807, 2.05) is 0 Å². The van der Waals surface area contributed by atoms with Crippen LogP contribution in [0.1, 0.15) is 96.8 Å². The predicted octanol–water partition coefficient (Wildman–Crippen LogP) is 8.97. The molecule has 7 heteroatoms. The summed E-state index contributed by atoms with van der Waals surface area (Å²) in [5, 5.41) is 0. The standard InChI is InChI=1S/C16H35N.2C7H7O2P/c1-2-3-4-5-6-7-8-9-10-11-12-13-14-15-16-17;2*1-6-4-2-3-5-7(6)10(8)9/h2-17H2,1H3;2*2-5,7H,1H2/p+2. The predicted molar refractivity (Wildman–Crippen MR) is 161 cm³/mol. The van der Waals surface area contributed by atoms with Gasteiger partial charge in [0.05, 0.1) is 0 Å². The van der Waals surface area contributed by atoms with Crippen LogP contribution in [0.4, 0.5) is 0 Å². The van der Waals surface area contributed by atoms with Gasteiger partial charge in [-0.15, -0.1) is 0 Å². The van der Waals surface area contributed by atoms with Gasteiger partial charge in [-0.05, 0) is 34.2 Å². The fourth-order valence-corrected chi connectivity index (χ4v) is 5.14. The molecule has 2 aliphatic rings. The minimum atomic E-state index is -2.15. The van der Waals surface area contributed by atoms with E-state index in [0.29, 0.717) is 11.1 Å². The lowest BCUT2D eigenvalue weighted by atomic mass is 10.0. The van der Waals surface area contributed by atoms with E-state index in [2.05, 4.69) is 20.1 Å². The lowest BCUT2D eigenvalue weighted by Gasteiger charge is -2.02. The summed E-state index contributed by atoms with van der Waals surface area (Å²) in [5.74, 6) is 0. The third-order valence-electron chi connectivity index (χ3n) is 6.22. The highest BCUT2D eigenvalue weighted by atomic mass is 31.1. The van der Waals surface area contributed by atoms with E-state index < -0.39 is 16.1 Å². The molecular formula is C30H51NO4P2+2. The first-order valence-electron chi connectivity index (χ1n) is 13.9. The molecule has 0 saturated heterocycles. The van der Waals surface area contributed by atoms with E-state index in [1.54, 1.807) is 48.6 Å². The summed E-state index contributed by atoms with van der Waals surface area (Å²) in [6.45, 7) is 10.4. The molecule has 0 aromatic carbocycles. The van der Waals surface area contributed by atoms with Crippen molar-refractivity contribution in [2.75, 3.05) is 6.54 Å². The molecule has 208 valence electrons. The number of nitrogens with two attached hydrogens (primary N) is 1. The summed E-state index contributed by atoms with van der Waals surface area (Å²) >= 11 is 0. The molecule has 0 saturated carbocycles. The first-order chi connectivity index (χ1) is 17.8. The molecule has 0 heterocycles. The molecule has 0 amide bonds. The van der Waals surface area contributed by atoms with Gasteiger partial charge >= 0.3 is 16.1 Å². The zero-order valence-corrected chi connectivity index (χ0v) is 24.8. The van der Waals surface area contributed by atoms with Crippen molar-refractivity contribution in [1.29, 1.82) is 0 Å². The van der Waals surface area contributed by atoms with Crippen LogP contribution in [0.15, 0.2) is 72.9 Å². The molecule has 37 heavy (non-hydrogen) atoms. The molecule has 0 spiro atoms. The molecule has 4 unspecified atom stereocenters. The molecule has 0 aromatic heterocycles. The van der Waals surface area contributed by atoms with E-state index in [1.165, 1.54) is 89.9 Å². The first-order valence-corrected chi connectivity index (χ1v) is 16.5. The molecule has 0 radical (unpaired) electrons. The van der Waals surface area contributed by atoms with E-state index >= 15 is 0 Å². The van der Waals surface area contributed by atoms with Crippen molar-refractivity contribution in [3.05, 3.63) is 72.9 Å². The van der Waals surface area contributed by atoms with Crippen LogP contribution in [-0.4, -0.2) is 27.6 Å². The zero-order valence-electron chi connectivity index (χ0n) is 23.0. The molecule has 4 atom stereocenters. The molecule has 0 fully saturated rings. The number of allylic oxidation sites excluding steroid dienone is 10. The van der Waals surface area contributed by atoms with Gasteiger partial charge in [0.15, 0.2) is 0 Å². The number of hydrogen-bond donors (Lipinski definition) is 3. The molecule has 0 aromatic rings. The van der Waals surface area contributed by atoms with Crippen LogP contribution in [0, 0.1) is 0 Å². The molecular weight excluding hydrogens is 500 g/mol. The van der Waals surface area contributed by atoms with Crippen molar-refractivity contribution in [2.24, 2.45) is 5.73 Å². The summed E-state index contributed by atoms with van der Waals surface area (Å²) in [6.07, 6.45) is 33.8. The number of rotatable bonds is 16. The maximum absolute atomic E-state index is 10.6. The molecule has 2 rings (SSSR count). The average molecular weight is 552 g/mol. The Balaban J connectivity index is 0.000000555. The van der Waals surface area contributed by atoms with Gasteiger partial charge in [0.25, 0.3) is 0 Å². The third-order valence-corrected chi connectivity index (χ3v) is 8.18. The minimum Gasteiger partial charge on any atom is -0.330 e. The molecule has 0 aliphatic heterocycles. The van der Waals surface area contributed by atoms with Crippen LogP contribution in [-0.2, 0) is 9.13 Å². The molecule has 2 aliphatic carbocycles. The largest absolute Gasteiger partial charge is 0.517 e. The van der Waals surface area contributed by atoms with Gasteiger partial charge in [0, 0.05) is 11.1 Å². The Kier molecular flexibility index (Phi) is 23.8. The monoisotopic (exact) mass is 551 g/mol. The van der Waals surface area contributed by atoms with E-state index in [0.717, 1.165) is 6.54 Å². The van der Waals surface area contributed by atoms with E-state index in [-0.39, 0.29) is 11.3 Å². The van der Waals surface area contributed by atoms with Crippen LogP contribution in [0.25, 0.3) is 0 Å². The van der Waals surface area contributed by atoms with Gasteiger partial charge in [0.1, 0.15) is 0 Å². The smallest absolute Gasteiger partial charge is 0.330 e. The summed E-state index contributed by atoms with van der Waals surface area (Å²) in [5.41, 5.74) is 6.12. The lowest BCUT2D eigenvalue weighted by Crippen LogP contribution is -2.01. The normalized spacial score (nSPS) is 18.6. The van der Waals surface area contributed by atoms with Gasteiger partial charge in [-0.2, -0.15) is 9.79 Å². The fraction of sp³-hybridized carbons (Fsp3) is 0.600. The second-order valence-corrected chi connectivity index (χ2v) is 11.8. The van der Waals surface area contributed by atoms with Crippen molar-refractivity contribution in [3.8, 4) is 0 Å². The number of unbranched alkanes of at least 4 members (excludes halogenated alkanes) is 13. The lowest BCUT2D eigenvalue weighted by molar-refractivity contribution is 0.498. The van der Waals surface area contributed by atoms with Crippen molar-refractivity contribution in [1.82, 2.24) is 0 Å².